The molecule has 6 atom stereocenters. The van der Waals surface area contributed by atoms with Gasteiger partial charge in [-0.15, -0.1) is 0 Å². The Bertz CT molecular complexity index is 1180. The number of hydrogen-bond donors (Lipinski definition) is 0. The number of hydrazone groups is 1. The predicted octanol–water partition coefficient (Wildman–Crippen LogP) is 4.00. The molecule has 0 radical (unpaired) electrons. The zero-order valence-electron chi connectivity index (χ0n) is 16.1. The van der Waals surface area contributed by atoms with Crippen molar-refractivity contribution < 1.29 is 18.9 Å². The van der Waals surface area contributed by atoms with Gasteiger partial charge in [-0.3, -0.25) is 19.7 Å². The third-order valence-electron chi connectivity index (χ3n) is 6.99. The summed E-state index contributed by atoms with van der Waals surface area (Å²) in [4.78, 5) is 36.8. The van der Waals surface area contributed by atoms with E-state index in [9.17, 15) is 19.7 Å². The molecule has 4 aliphatic carbocycles. The minimum absolute atomic E-state index is 0.0947. The number of benzene rings is 1. The maximum atomic E-state index is 13.0. The maximum Gasteiger partial charge on any atom is 0.281 e. The molecule has 3 fully saturated rings. The van der Waals surface area contributed by atoms with Gasteiger partial charge in [0.2, 0.25) is 0 Å². The number of nitro groups is 1. The molecule has 1 aromatic carbocycles. The number of carbonyl (C=O) groups is 2. The number of nitro benzene ring substituents is 1. The summed E-state index contributed by atoms with van der Waals surface area (Å²) in [5.74, 6) is 0.856. The van der Waals surface area contributed by atoms with E-state index in [4.69, 9.17) is 4.42 Å². The summed E-state index contributed by atoms with van der Waals surface area (Å²) < 4.78 is 6.29. The number of halogens is 1. The van der Waals surface area contributed by atoms with Crippen LogP contribution in [0.25, 0.3) is 11.3 Å². The molecule has 2 amide bonds. The lowest BCUT2D eigenvalue weighted by Gasteiger charge is -2.37. The smallest absolute Gasteiger partial charge is 0.281 e. The maximum absolute atomic E-state index is 13.0. The average Bonchev–Trinajstić information content (AvgIpc) is 3.39. The standard InChI is InChI=1S/C22H16BrN3O5/c23-10-1-3-14(17(7-10)26(29)30)18-6-2-11(31-18)9-24-25-21(27)19-12-4-5-13(16-8-15(12)16)20(19)22(25)28/h1-7,9,12-13,15-16,19-20H,8H2. The highest BCUT2D eigenvalue weighted by molar-refractivity contribution is 9.10. The van der Waals surface area contributed by atoms with Crippen molar-refractivity contribution in [1.29, 1.82) is 0 Å². The van der Waals surface area contributed by atoms with E-state index in [1.165, 1.54) is 12.3 Å². The Labute approximate surface area is 184 Å². The molecular formula is C22H16BrN3O5. The van der Waals surface area contributed by atoms with E-state index in [0.717, 1.165) is 11.4 Å². The fourth-order valence-electron chi connectivity index (χ4n) is 5.60. The zero-order valence-corrected chi connectivity index (χ0v) is 17.6. The van der Waals surface area contributed by atoms with Gasteiger partial charge in [0.1, 0.15) is 11.5 Å². The molecule has 2 heterocycles. The van der Waals surface area contributed by atoms with Crippen LogP contribution >= 0.6 is 15.9 Å². The highest BCUT2D eigenvalue weighted by Crippen LogP contribution is 2.65. The van der Waals surface area contributed by atoms with Crippen molar-refractivity contribution in [3.8, 4) is 11.3 Å². The predicted molar refractivity (Wildman–Crippen MR) is 113 cm³/mol. The van der Waals surface area contributed by atoms with Crippen molar-refractivity contribution in [2.24, 2.45) is 40.6 Å². The lowest BCUT2D eigenvalue weighted by atomic mass is 9.63. The number of allylic oxidation sites excluding steroid dienone is 2. The Kier molecular flexibility index (Phi) is 3.89. The van der Waals surface area contributed by atoms with Gasteiger partial charge >= 0.3 is 0 Å². The summed E-state index contributed by atoms with van der Waals surface area (Å²) in [5, 5.41) is 16.5. The summed E-state index contributed by atoms with van der Waals surface area (Å²) in [7, 11) is 0. The summed E-state index contributed by atoms with van der Waals surface area (Å²) in [6, 6.07) is 7.89. The van der Waals surface area contributed by atoms with Crippen LogP contribution in [0.5, 0.6) is 0 Å². The highest BCUT2D eigenvalue weighted by Gasteiger charge is 2.67. The topological polar surface area (TPSA) is 106 Å². The van der Waals surface area contributed by atoms with E-state index in [2.05, 4.69) is 33.2 Å². The van der Waals surface area contributed by atoms with Gasteiger partial charge in [0.15, 0.2) is 0 Å². The van der Waals surface area contributed by atoms with E-state index in [0.29, 0.717) is 33.4 Å². The van der Waals surface area contributed by atoms with Crippen LogP contribution < -0.4 is 0 Å². The summed E-state index contributed by atoms with van der Waals surface area (Å²) >= 11 is 3.23. The molecule has 2 aromatic rings. The summed E-state index contributed by atoms with van der Waals surface area (Å²) in [5.41, 5.74) is 0.233. The molecule has 5 aliphatic rings. The number of rotatable bonds is 4. The van der Waals surface area contributed by atoms with Gasteiger partial charge in [0.05, 0.1) is 28.5 Å². The Hall–Kier alpha value is -3.07. The second-order valence-corrected chi connectivity index (χ2v) is 9.42. The van der Waals surface area contributed by atoms with Gasteiger partial charge in [-0.25, -0.2) is 0 Å². The molecule has 1 aliphatic heterocycles. The van der Waals surface area contributed by atoms with Crippen molar-refractivity contribution in [1.82, 2.24) is 5.01 Å². The van der Waals surface area contributed by atoms with Crippen LogP contribution in [-0.2, 0) is 9.59 Å². The third kappa shape index (κ3) is 2.69. The fraction of sp³-hybridized carbons (Fsp3) is 0.318. The minimum atomic E-state index is -0.480. The largest absolute Gasteiger partial charge is 0.455 e. The van der Waals surface area contributed by atoms with E-state index in [-0.39, 0.29) is 41.2 Å². The first-order valence-corrected chi connectivity index (χ1v) is 10.9. The molecule has 9 heteroatoms. The Balaban J connectivity index is 1.26. The van der Waals surface area contributed by atoms with Gasteiger partial charge in [-0.1, -0.05) is 28.1 Å². The molecular weight excluding hydrogens is 466 g/mol. The number of amides is 2. The van der Waals surface area contributed by atoms with Gasteiger partial charge in [0.25, 0.3) is 17.5 Å². The molecule has 2 bridgehead atoms. The van der Waals surface area contributed by atoms with Crippen LogP contribution in [0.3, 0.4) is 0 Å². The number of imide groups is 1. The van der Waals surface area contributed by atoms with Crippen molar-refractivity contribution in [3.63, 3.8) is 0 Å². The third-order valence-corrected chi connectivity index (χ3v) is 7.48. The van der Waals surface area contributed by atoms with Crippen molar-refractivity contribution in [2.45, 2.75) is 6.42 Å². The molecule has 2 saturated carbocycles. The van der Waals surface area contributed by atoms with Crippen molar-refractivity contribution in [3.05, 3.63) is 62.8 Å². The summed E-state index contributed by atoms with van der Waals surface area (Å²) in [6.07, 6.45) is 6.65. The minimum Gasteiger partial charge on any atom is -0.455 e. The quantitative estimate of drug-likeness (QED) is 0.215. The van der Waals surface area contributed by atoms with Gasteiger partial charge in [-0.2, -0.15) is 10.1 Å². The molecule has 8 nitrogen and oxygen atoms in total. The van der Waals surface area contributed by atoms with Crippen molar-refractivity contribution >= 4 is 39.6 Å². The van der Waals surface area contributed by atoms with E-state index in [1.807, 2.05) is 0 Å². The number of nitrogens with zero attached hydrogens (tertiary/aromatic N) is 3. The molecule has 6 unspecified atom stereocenters. The van der Waals surface area contributed by atoms with Crippen LogP contribution in [0.2, 0.25) is 0 Å². The normalized spacial score (nSPS) is 32.6. The van der Waals surface area contributed by atoms with Gasteiger partial charge in [0, 0.05) is 10.5 Å². The SMILES string of the molecule is O=C1C2C3C=CC(C4CC34)C2C(=O)N1N=Cc1ccc(-c2ccc(Br)cc2[N+](=O)[O-])o1. The number of furan rings is 1. The molecule has 7 rings (SSSR count). The molecule has 31 heavy (non-hydrogen) atoms. The zero-order chi connectivity index (χ0) is 21.4. The summed E-state index contributed by atoms with van der Waals surface area (Å²) in [6.45, 7) is 0. The van der Waals surface area contributed by atoms with E-state index in [1.54, 1.807) is 24.3 Å². The first-order valence-electron chi connectivity index (χ1n) is 10.1. The number of carbonyl (C=O) groups excluding carboxylic acids is 2. The first-order chi connectivity index (χ1) is 14.9. The van der Waals surface area contributed by atoms with Crippen LogP contribution in [0, 0.1) is 45.6 Å². The fourth-order valence-corrected chi connectivity index (χ4v) is 5.95. The van der Waals surface area contributed by atoms with Crippen LogP contribution in [-0.4, -0.2) is 28.0 Å². The lowest BCUT2D eigenvalue weighted by molar-refractivity contribution is -0.384. The van der Waals surface area contributed by atoms with Gasteiger partial charge < -0.3 is 4.42 Å². The average molecular weight is 482 g/mol. The lowest BCUT2D eigenvalue weighted by Crippen LogP contribution is -2.40. The Morgan fingerprint density at radius 3 is 2.42 bits per heavy atom. The van der Waals surface area contributed by atoms with Gasteiger partial charge in [-0.05, 0) is 54.4 Å². The van der Waals surface area contributed by atoms with E-state index >= 15 is 0 Å². The van der Waals surface area contributed by atoms with Crippen molar-refractivity contribution in [2.75, 3.05) is 0 Å². The highest BCUT2D eigenvalue weighted by atomic mass is 79.9. The van der Waals surface area contributed by atoms with Crippen LogP contribution in [0.1, 0.15) is 12.2 Å². The monoisotopic (exact) mass is 481 g/mol. The van der Waals surface area contributed by atoms with Crippen LogP contribution in [0.4, 0.5) is 5.69 Å². The first kappa shape index (κ1) is 18.7. The van der Waals surface area contributed by atoms with Crippen LogP contribution in [0.15, 0.2) is 56.5 Å². The van der Waals surface area contributed by atoms with E-state index < -0.39 is 4.92 Å². The Morgan fingerprint density at radius 2 is 1.77 bits per heavy atom. The second-order valence-electron chi connectivity index (χ2n) is 8.51. The molecule has 0 spiro atoms. The molecule has 156 valence electrons. The second kappa shape index (κ2) is 6.46. The molecule has 0 N–H and O–H groups in total. The molecule has 1 aromatic heterocycles. The number of hydrogen-bond acceptors (Lipinski definition) is 6. The molecule has 1 saturated heterocycles. The Morgan fingerprint density at radius 1 is 1.10 bits per heavy atom.